The standard InChI is InChI=1S/C14H20N4O/c1-12-11-18(14(17-12)16-8-10-19-2)9-5-13-3-6-15-7-4-13/h3-4,6-7,11H,5,8-10H2,1-2H3,(H,16,17). The number of aryl methyl sites for hydroxylation is 3. The van der Waals surface area contributed by atoms with Gasteiger partial charge >= 0.3 is 0 Å². The molecule has 0 aromatic carbocycles. The summed E-state index contributed by atoms with van der Waals surface area (Å²) in [5.74, 6) is 0.906. The van der Waals surface area contributed by atoms with Crippen molar-refractivity contribution in [1.82, 2.24) is 14.5 Å². The van der Waals surface area contributed by atoms with E-state index in [9.17, 15) is 0 Å². The summed E-state index contributed by atoms with van der Waals surface area (Å²) >= 11 is 0. The lowest BCUT2D eigenvalue weighted by atomic mass is 10.2. The summed E-state index contributed by atoms with van der Waals surface area (Å²) in [6.45, 7) is 4.35. The molecule has 0 amide bonds. The van der Waals surface area contributed by atoms with Crippen molar-refractivity contribution >= 4 is 5.95 Å². The zero-order valence-electron chi connectivity index (χ0n) is 11.5. The van der Waals surface area contributed by atoms with Gasteiger partial charge in [0.25, 0.3) is 0 Å². The van der Waals surface area contributed by atoms with Crippen molar-refractivity contribution < 1.29 is 4.74 Å². The van der Waals surface area contributed by atoms with Crippen LogP contribution in [-0.2, 0) is 17.7 Å². The summed E-state index contributed by atoms with van der Waals surface area (Å²) in [7, 11) is 1.70. The maximum Gasteiger partial charge on any atom is 0.203 e. The highest BCUT2D eigenvalue weighted by Gasteiger charge is 2.05. The van der Waals surface area contributed by atoms with Crippen LogP contribution in [0.15, 0.2) is 30.7 Å². The van der Waals surface area contributed by atoms with Gasteiger partial charge in [0.2, 0.25) is 5.95 Å². The first-order chi connectivity index (χ1) is 9.29. The van der Waals surface area contributed by atoms with Crippen LogP contribution in [0.2, 0.25) is 0 Å². The Hall–Kier alpha value is -1.88. The van der Waals surface area contributed by atoms with Gasteiger partial charge in [0.15, 0.2) is 0 Å². The van der Waals surface area contributed by atoms with Gasteiger partial charge in [0.1, 0.15) is 0 Å². The van der Waals surface area contributed by atoms with Crippen LogP contribution >= 0.6 is 0 Å². The molecule has 2 aromatic heterocycles. The van der Waals surface area contributed by atoms with Crippen LogP contribution in [0.25, 0.3) is 0 Å². The third-order valence-electron chi connectivity index (χ3n) is 2.88. The summed E-state index contributed by atoms with van der Waals surface area (Å²) in [4.78, 5) is 8.51. The minimum absolute atomic E-state index is 0.677. The topological polar surface area (TPSA) is 52.0 Å². The first kappa shape index (κ1) is 13.5. The van der Waals surface area contributed by atoms with E-state index in [-0.39, 0.29) is 0 Å². The highest BCUT2D eigenvalue weighted by molar-refractivity contribution is 5.28. The van der Waals surface area contributed by atoms with E-state index in [1.165, 1.54) is 5.56 Å². The number of anilines is 1. The van der Waals surface area contributed by atoms with Crippen LogP contribution in [0.4, 0.5) is 5.95 Å². The molecular formula is C14H20N4O. The van der Waals surface area contributed by atoms with E-state index < -0.39 is 0 Å². The monoisotopic (exact) mass is 260 g/mol. The molecule has 0 bridgehead atoms. The zero-order chi connectivity index (χ0) is 13.5. The highest BCUT2D eigenvalue weighted by Crippen LogP contribution is 2.10. The molecule has 1 N–H and O–H groups in total. The van der Waals surface area contributed by atoms with Crippen LogP contribution in [-0.4, -0.2) is 34.8 Å². The Morgan fingerprint density at radius 2 is 2.11 bits per heavy atom. The van der Waals surface area contributed by atoms with Gasteiger partial charge in [-0.05, 0) is 31.0 Å². The van der Waals surface area contributed by atoms with Crippen molar-refractivity contribution in [3.63, 3.8) is 0 Å². The maximum atomic E-state index is 5.03. The number of ether oxygens (including phenoxy) is 1. The first-order valence-corrected chi connectivity index (χ1v) is 6.45. The van der Waals surface area contributed by atoms with Crippen LogP contribution in [0.1, 0.15) is 11.3 Å². The number of rotatable bonds is 7. The lowest BCUT2D eigenvalue weighted by molar-refractivity contribution is 0.210. The first-order valence-electron chi connectivity index (χ1n) is 6.45. The molecule has 0 aliphatic heterocycles. The van der Waals surface area contributed by atoms with Crippen LogP contribution in [0.5, 0.6) is 0 Å². The molecule has 0 atom stereocenters. The number of pyridine rings is 1. The van der Waals surface area contributed by atoms with Crippen molar-refractivity contribution in [2.45, 2.75) is 19.9 Å². The van der Waals surface area contributed by atoms with Crippen molar-refractivity contribution in [2.75, 3.05) is 25.6 Å². The lowest BCUT2D eigenvalue weighted by Gasteiger charge is -2.09. The van der Waals surface area contributed by atoms with Crippen LogP contribution in [0.3, 0.4) is 0 Å². The Morgan fingerprint density at radius 3 is 2.84 bits per heavy atom. The number of imidazole rings is 1. The second kappa shape index (κ2) is 6.89. The molecule has 2 heterocycles. The van der Waals surface area contributed by atoms with Crippen molar-refractivity contribution in [3.05, 3.63) is 42.0 Å². The van der Waals surface area contributed by atoms with Crippen molar-refractivity contribution in [2.24, 2.45) is 0 Å². The van der Waals surface area contributed by atoms with Gasteiger partial charge < -0.3 is 14.6 Å². The van der Waals surface area contributed by atoms with Gasteiger partial charge in [-0.3, -0.25) is 4.98 Å². The maximum absolute atomic E-state index is 5.03. The Labute approximate surface area is 113 Å². The van der Waals surface area contributed by atoms with Crippen molar-refractivity contribution in [1.29, 1.82) is 0 Å². The molecule has 102 valence electrons. The summed E-state index contributed by atoms with van der Waals surface area (Å²) in [5, 5.41) is 3.29. The minimum atomic E-state index is 0.677. The molecule has 19 heavy (non-hydrogen) atoms. The number of nitrogens with one attached hydrogen (secondary N) is 1. The molecule has 0 aliphatic carbocycles. The second-order valence-corrected chi connectivity index (χ2v) is 4.42. The minimum Gasteiger partial charge on any atom is -0.383 e. The highest BCUT2D eigenvalue weighted by atomic mass is 16.5. The fraction of sp³-hybridized carbons (Fsp3) is 0.429. The molecule has 2 rings (SSSR count). The molecule has 0 saturated heterocycles. The van der Waals surface area contributed by atoms with E-state index in [0.29, 0.717) is 6.61 Å². The average molecular weight is 260 g/mol. The summed E-state index contributed by atoms with van der Waals surface area (Å²) in [6.07, 6.45) is 6.69. The average Bonchev–Trinajstić information content (AvgIpc) is 2.78. The molecule has 0 unspecified atom stereocenters. The number of hydrogen-bond acceptors (Lipinski definition) is 4. The van der Waals surface area contributed by atoms with Crippen LogP contribution in [0, 0.1) is 6.92 Å². The van der Waals surface area contributed by atoms with Gasteiger partial charge in [-0.1, -0.05) is 0 Å². The van der Waals surface area contributed by atoms with E-state index >= 15 is 0 Å². The third kappa shape index (κ3) is 4.06. The molecule has 0 radical (unpaired) electrons. The molecule has 2 aromatic rings. The summed E-state index contributed by atoms with van der Waals surface area (Å²) in [6, 6.07) is 4.09. The van der Waals surface area contributed by atoms with Gasteiger partial charge in [-0.25, -0.2) is 4.98 Å². The quantitative estimate of drug-likeness (QED) is 0.772. The Balaban J connectivity index is 1.95. The third-order valence-corrected chi connectivity index (χ3v) is 2.88. The Kier molecular flexibility index (Phi) is 4.92. The second-order valence-electron chi connectivity index (χ2n) is 4.42. The molecule has 5 heteroatoms. The number of aromatic nitrogens is 3. The normalized spacial score (nSPS) is 10.6. The molecule has 5 nitrogen and oxygen atoms in total. The van der Waals surface area contributed by atoms with Gasteiger partial charge in [-0.15, -0.1) is 0 Å². The molecule has 0 aliphatic rings. The summed E-state index contributed by atoms with van der Waals surface area (Å²) in [5.41, 5.74) is 2.30. The van der Waals surface area contributed by atoms with Gasteiger partial charge in [0.05, 0.1) is 12.3 Å². The number of methoxy groups -OCH3 is 1. The smallest absolute Gasteiger partial charge is 0.203 e. The van der Waals surface area contributed by atoms with Crippen LogP contribution < -0.4 is 5.32 Å². The molecule has 0 saturated carbocycles. The zero-order valence-corrected chi connectivity index (χ0v) is 11.5. The predicted octanol–water partition coefficient (Wildman–Crippen LogP) is 1.89. The van der Waals surface area contributed by atoms with E-state index in [4.69, 9.17) is 4.74 Å². The fourth-order valence-electron chi connectivity index (χ4n) is 1.92. The Bertz CT molecular complexity index is 495. The van der Waals surface area contributed by atoms with Gasteiger partial charge in [-0.2, -0.15) is 0 Å². The lowest BCUT2D eigenvalue weighted by Crippen LogP contribution is -2.13. The van der Waals surface area contributed by atoms with Crippen molar-refractivity contribution in [3.8, 4) is 0 Å². The van der Waals surface area contributed by atoms with E-state index in [2.05, 4.69) is 26.0 Å². The summed E-state index contributed by atoms with van der Waals surface area (Å²) < 4.78 is 7.18. The van der Waals surface area contributed by atoms with E-state index in [0.717, 1.165) is 31.2 Å². The molecular weight excluding hydrogens is 240 g/mol. The van der Waals surface area contributed by atoms with Gasteiger partial charge in [0, 0.05) is 38.8 Å². The number of hydrogen-bond donors (Lipinski definition) is 1. The molecule has 0 fully saturated rings. The predicted molar refractivity (Wildman–Crippen MR) is 75.3 cm³/mol. The fourth-order valence-corrected chi connectivity index (χ4v) is 1.92. The van der Waals surface area contributed by atoms with E-state index in [1.54, 1.807) is 7.11 Å². The molecule has 0 spiro atoms. The largest absolute Gasteiger partial charge is 0.383 e. The number of nitrogens with zero attached hydrogens (tertiary/aromatic N) is 3. The SMILES string of the molecule is COCCNc1nc(C)cn1CCc1ccncc1. The van der Waals surface area contributed by atoms with E-state index in [1.807, 2.05) is 31.5 Å². The Morgan fingerprint density at radius 1 is 1.32 bits per heavy atom.